The highest BCUT2D eigenvalue weighted by Gasteiger charge is 2.25. The first-order valence-electron chi connectivity index (χ1n) is 6.30. The Kier molecular flexibility index (Phi) is 4.03. The Balaban J connectivity index is 2.08. The van der Waals surface area contributed by atoms with Crippen LogP contribution in [0.5, 0.6) is 5.75 Å². The Hall–Kier alpha value is -2.06. The number of hydrogen-bond donors (Lipinski definition) is 1. The molecule has 1 aromatic rings. The van der Waals surface area contributed by atoms with Gasteiger partial charge in [-0.05, 0) is 17.7 Å². The number of aromatic hydroxyl groups is 1. The maximum atomic E-state index is 11.3. The molecule has 0 saturated carbocycles. The first-order valence-corrected chi connectivity index (χ1v) is 6.30. The van der Waals surface area contributed by atoms with Crippen LogP contribution < -0.4 is 0 Å². The van der Waals surface area contributed by atoms with E-state index in [9.17, 15) is 15.2 Å². The Labute approximate surface area is 112 Å². The number of rotatable bonds is 2. The molecule has 1 amide bonds. The summed E-state index contributed by atoms with van der Waals surface area (Å²) in [6, 6.07) is 8.68. The average molecular weight is 259 g/mol. The minimum Gasteiger partial charge on any atom is -0.508 e. The van der Waals surface area contributed by atoms with Gasteiger partial charge in [-0.1, -0.05) is 12.1 Å². The van der Waals surface area contributed by atoms with E-state index in [1.165, 1.54) is 0 Å². The van der Waals surface area contributed by atoms with Crippen LogP contribution in [0.3, 0.4) is 0 Å². The molecule has 2 rings (SSSR count). The summed E-state index contributed by atoms with van der Waals surface area (Å²) >= 11 is 0. The lowest BCUT2D eigenvalue weighted by Gasteiger charge is -2.36. The van der Waals surface area contributed by atoms with Gasteiger partial charge in [0.1, 0.15) is 11.8 Å². The summed E-state index contributed by atoms with van der Waals surface area (Å²) in [5, 5.41) is 18.8. The molecule has 1 aliphatic rings. The zero-order valence-electron chi connectivity index (χ0n) is 10.9. The highest BCUT2D eigenvalue weighted by Crippen LogP contribution is 2.24. The lowest BCUT2D eigenvalue weighted by Crippen LogP contribution is -2.48. The third-order valence-corrected chi connectivity index (χ3v) is 3.43. The minimum atomic E-state index is -0.374. The Bertz CT molecular complexity index is 502. The fourth-order valence-electron chi connectivity index (χ4n) is 2.36. The number of nitrogens with zero attached hydrogens (tertiary/aromatic N) is 3. The molecule has 1 unspecified atom stereocenters. The molecule has 1 atom stereocenters. The van der Waals surface area contributed by atoms with E-state index < -0.39 is 0 Å². The van der Waals surface area contributed by atoms with Gasteiger partial charge in [0.05, 0.1) is 6.07 Å². The maximum Gasteiger partial charge on any atom is 0.219 e. The topological polar surface area (TPSA) is 67.6 Å². The van der Waals surface area contributed by atoms with Gasteiger partial charge in [0.25, 0.3) is 0 Å². The van der Waals surface area contributed by atoms with Crippen molar-refractivity contribution in [2.24, 2.45) is 0 Å². The zero-order valence-corrected chi connectivity index (χ0v) is 10.9. The SMILES string of the molecule is CC(=O)N1CCN(C(C#N)c2cccc(O)c2)CC1. The molecule has 100 valence electrons. The number of benzene rings is 1. The average Bonchev–Trinajstić information content (AvgIpc) is 2.40. The zero-order chi connectivity index (χ0) is 13.8. The summed E-state index contributed by atoms with van der Waals surface area (Å²) in [6.45, 7) is 4.20. The molecule has 0 spiro atoms. The molecule has 1 N–H and O–H groups in total. The maximum absolute atomic E-state index is 11.3. The number of amides is 1. The third-order valence-electron chi connectivity index (χ3n) is 3.43. The van der Waals surface area contributed by atoms with Gasteiger partial charge in [0.15, 0.2) is 0 Å². The lowest BCUT2D eigenvalue weighted by atomic mass is 10.1. The first-order chi connectivity index (χ1) is 9.11. The highest BCUT2D eigenvalue weighted by molar-refractivity contribution is 5.73. The van der Waals surface area contributed by atoms with Crippen molar-refractivity contribution >= 4 is 5.91 Å². The van der Waals surface area contributed by atoms with Crippen molar-refractivity contribution in [3.8, 4) is 11.8 Å². The molecule has 0 aliphatic carbocycles. The van der Waals surface area contributed by atoms with E-state index in [1.54, 1.807) is 30.0 Å². The molecule has 1 heterocycles. The second-order valence-corrected chi connectivity index (χ2v) is 4.67. The van der Waals surface area contributed by atoms with Crippen molar-refractivity contribution in [2.75, 3.05) is 26.2 Å². The van der Waals surface area contributed by atoms with Crippen molar-refractivity contribution in [1.82, 2.24) is 9.80 Å². The Morgan fingerprint density at radius 1 is 1.37 bits per heavy atom. The fourth-order valence-corrected chi connectivity index (χ4v) is 2.36. The van der Waals surface area contributed by atoms with Crippen LogP contribution in [0.15, 0.2) is 24.3 Å². The molecular formula is C14H17N3O2. The molecule has 19 heavy (non-hydrogen) atoms. The summed E-state index contributed by atoms with van der Waals surface area (Å²) in [5.41, 5.74) is 0.791. The molecule has 0 bridgehead atoms. The Morgan fingerprint density at radius 2 is 2.05 bits per heavy atom. The molecular weight excluding hydrogens is 242 g/mol. The Morgan fingerprint density at radius 3 is 2.58 bits per heavy atom. The summed E-state index contributed by atoms with van der Waals surface area (Å²) in [6.07, 6.45) is 0. The van der Waals surface area contributed by atoms with Crippen molar-refractivity contribution in [3.05, 3.63) is 29.8 Å². The van der Waals surface area contributed by atoms with Crippen molar-refractivity contribution < 1.29 is 9.90 Å². The normalized spacial score (nSPS) is 17.8. The van der Waals surface area contributed by atoms with Gasteiger partial charge in [-0.15, -0.1) is 0 Å². The standard InChI is InChI=1S/C14H17N3O2/c1-11(18)16-5-7-17(8-6-16)14(10-15)12-3-2-4-13(19)9-12/h2-4,9,14,19H,5-8H2,1H3. The van der Waals surface area contributed by atoms with E-state index in [0.29, 0.717) is 26.2 Å². The largest absolute Gasteiger partial charge is 0.508 e. The van der Waals surface area contributed by atoms with Crippen LogP contribution in [0.2, 0.25) is 0 Å². The van der Waals surface area contributed by atoms with E-state index in [1.807, 2.05) is 11.0 Å². The van der Waals surface area contributed by atoms with Gasteiger partial charge in [-0.3, -0.25) is 9.69 Å². The van der Waals surface area contributed by atoms with Crippen LogP contribution in [0, 0.1) is 11.3 Å². The molecule has 0 aromatic heterocycles. The van der Waals surface area contributed by atoms with Crippen molar-refractivity contribution in [2.45, 2.75) is 13.0 Å². The van der Waals surface area contributed by atoms with E-state index in [0.717, 1.165) is 5.56 Å². The number of phenols is 1. The van der Waals surface area contributed by atoms with Gasteiger partial charge in [0, 0.05) is 33.1 Å². The van der Waals surface area contributed by atoms with Gasteiger partial charge >= 0.3 is 0 Å². The molecule has 1 aromatic carbocycles. The van der Waals surface area contributed by atoms with E-state index in [4.69, 9.17) is 0 Å². The van der Waals surface area contributed by atoms with Crippen LogP contribution >= 0.6 is 0 Å². The molecule has 1 saturated heterocycles. The van der Waals surface area contributed by atoms with Crippen molar-refractivity contribution in [3.63, 3.8) is 0 Å². The molecule has 5 nitrogen and oxygen atoms in total. The summed E-state index contributed by atoms with van der Waals surface area (Å²) in [4.78, 5) is 15.1. The fraction of sp³-hybridized carbons (Fsp3) is 0.429. The number of phenolic OH excluding ortho intramolecular Hbond substituents is 1. The van der Waals surface area contributed by atoms with Crippen LogP contribution in [0.1, 0.15) is 18.5 Å². The number of carbonyl (C=O) groups excluding carboxylic acids is 1. The second kappa shape index (κ2) is 5.72. The number of carbonyl (C=O) groups is 1. The van der Waals surface area contributed by atoms with Gasteiger partial charge in [0.2, 0.25) is 5.91 Å². The van der Waals surface area contributed by atoms with E-state index >= 15 is 0 Å². The summed E-state index contributed by atoms with van der Waals surface area (Å²) in [7, 11) is 0. The van der Waals surface area contributed by atoms with E-state index in [2.05, 4.69) is 6.07 Å². The van der Waals surface area contributed by atoms with Crippen molar-refractivity contribution in [1.29, 1.82) is 5.26 Å². The van der Waals surface area contributed by atoms with Gasteiger partial charge in [-0.2, -0.15) is 5.26 Å². The molecule has 5 heteroatoms. The highest BCUT2D eigenvalue weighted by atomic mass is 16.3. The minimum absolute atomic E-state index is 0.0745. The second-order valence-electron chi connectivity index (χ2n) is 4.67. The van der Waals surface area contributed by atoms with Crippen LogP contribution in [-0.4, -0.2) is 47.0 Å². The smallest absolute Gasteiger partial charge is 0.219 e. The molecule has 0 radical (unpaired) electrons. The van der Waals surface area contributed by atoms with Crippen LogP contribution in [-0.2, 0) is 4.79 Å². The number of hydrogen-bond acceptors (Lipinski definition) is 4. The number of piperazine rings is 1. The quantitative estimate of drug-likeness (QED) is 0.864. The van der Waals surface area contributed by atoms with Crippen LogP contribution in [0.4, 0.5) is 0 Å². The number of nitriles is 1. The molecule has 1 fully saturated rings. The predicted molar refractivity (Wildman–Crippen MR) is 70.3 cm³/mol. The third kappa shape index (κ3) is 3.04. The first kappa shape index (κ1) is 13.4. The molecule has 1 aliphatic heterocycles. The monoisotopic (exact) mass is 259 g/mol. The van der Waals surface area contributed by atoms with Crippen LogP contribution in [0.25, 0.3) is 0 Å². The summed E-state index contributed by atoms with van der Waals surface area (Å²) in [5.74, 6) is 0.241. The lowest BCUT2D eigenvalue weighted by molar-refractivity contribution is -0.130. The van der Waals surface area contributed by atoms with E-state index in [-0.39, 0.29) is 17.7 Å². The van der Waals surface area contributed by atoms with Gasteiger partial charge in [-0.25, -0.2) is 0 Å². The predicted octanol–water partition coefficient (Wildman–Crippen LogP) is 1.12. The summed E-state index contributed by atoms with van der Waals surface area (Å²) < 4.78 is 0. The van der Waals surface area contributed by atoms with Gasteiger partial charge < -0.3 is 10.0 Å².